The summed E-state index contributed by atoms with van der Waals surface area (Å²) < 4.78 is 6.74. The van der Waals surface area contributed by atoms with Crippen molar-refractivity contribution in [3.63, 3.8) is 0 Å². The van der Waals surface area contributed by atoms with Gasteiger partial charge < -0.3 is 10.5 Å². The van der Waals surface area contributed by atoms with E-state index in [1.807, 2.05) is 25.1 Å². The predicted molar refractivity (Wildman–Crippen MR) is 81.4 cm³/mol. The fourth-order valence-corrected chi connectivity index (χ4v) is 2.26. The maximum Gasteiger partial charge on any atom is 0.139 e. The molecule has 98 valence electrons. The molecule has 0 aromatic heterocycles. The number of amidine groups is 1. The van der Waals surface area contributed by atoms with Crippen LogP contribution in [0.2, 0.25) is 5.02 Å². The zero-order valence-electron chi connectivity index (χ0n) is 10.2. The van der Waals surface area contributed by atoms with Gasteiger partial charge in [-0.1, -0.05) is 39.7 Å². The Morgan fingerprint density at radius 2 is 2.00 bits per heavy atom. The maximum atomic E-state index is 7.58. The first kappa shape index (κ1) is 13.9. The van der Waals surface area contributed by atoms with Gasteiger partial charge in [-0.2, -0.15) is 0 Å². The third-order valence-corrected chi connectivity index (χ3v) is 3.42. The summed E-state index contributed by atoms with van der Waals surface area (Å²) in [5.74, 6) is 1.05. The highest BCUT2D eigenvalue weighted by Crippen LogP contribution is 2.32. The van der Waals surface area contributed by atoms with E-state index >= 15 is 0 Å². The smallest absolute Gasteiger partial charge is 0.139 e. The van der Waals surface area contributed by atoms with Gasteiger partial charge in [-0.3, -0.25) is 5.41 Å². The van der Waals surface area contributed by atoms with Crippen molar-refractivity contribution < 1.29 is 4.74 Å². The normalized spacial score (nSPS) is 10.3. The van der Waals surface area contributed by atoms with Crippen LogP contribution in [-0.2, 0) is 0 Å². The zero-order chi connectivity index (χ0) is 14.0. The average Bonchev–Trinajstić information content (AvgIpc) is 2.33. The molecule has 0 spiro atoms. The van der Waals surface area contributed by atoms with Crippen molar-refractivity contribution in [1.82, 2.24) is 0 Å². The van der Waals surface area contributed by atoms with Crippen molar-refractivity contribution >= 4 is 33.4 Å². The summed E-state index contributed by atoms with van der Waals surface area (Å²) >= 11 is 9.45. The Morgan fingerprint density at radius 1 is 1.26 bits per heavy atom. The Bertz CT molecular complexity index is 643. The Labute approximate surface area is 125 Å². The number of aryl methyl sites for hydroxylation is 1. The third kappa shape index (κ3) is 3.08. The van der Waals surface area contributed by atoms with Crippen LogP contribution in [0, 0.1) is 12.3 Å². The summed E-state index contributed by atoms with van der Waals surface area (Å²) in [7, 11) is 0. The van der Waals surface area contributed by atoms with Crippen molar-refractivity contribution in [2.75, 3.05) is 0 Å². The first-order valence-electron chi connectivity index (χ1n) is 5.56. The Morgan fingerprint density at radius 3 is 2.68 bits per heavy atom. The molecule has 0 amide bonds. The van der Waals surface area contributed by atoms with Crippen LogP contribution in [-0.4, -0.2) is 5.84 Å². The van der Waals surface area contributed by atoms with Crippen molar-refractivity contribution in [3.8, 4) is 11.5 Å². The topological polar surface area (TPSA) is 59.1 Å². The van der Waals surface area contributed by atoms with Crippen LogP contribution in [0.25, 0.3) is 0 Å². The summed E-state index contributed by atoms with van der Waals surface area (Å²) in [6.07, 6.45) is 0. The van der Waals surface area contributed by atoms with E-state index in [4.69, 9.17) is 27.5 Å². The van der Waals surface area contributed by atoms with E-state index in [9.17, 15) is 0 Å². The minimum absolute atomic E-state index is 0.117. The lowest BCUT2D eigenvalue weighted by atomic mass is 10.1. The molecule has 0 aliphatic heterocycles. The lowest BCUT2D eigenvalue weighted by Crippen LogP contribution is -2.13. The summed E-state index contributed by atoms with van der Waals surface area (Å²) in [6.45, 7) is 1.94. The summed E-state index contributed by atoms with van der Waals surface area (Å²) in [5.41, 5.74) is 6.94. The number of halogens is 2. The van der Waals surface area contributed by atoms with Crippen LogP contribution in [0.1, 0.15) is 11.1 Å². The minimum Gasteiger partial charge on any atom is -0.456 e. The van der Waals surface area contributed by atoms with E-state index < -0.39 is 0 Å². The molecule has 0 bridgehead atoms. The number of hydrogen-bond acceptors (Lipinski definition) is 2. The van der Waals surface area contributed by atoms with E-state index in [-0.39, 0.29) is 5.84 Å². The number of nitrogens with two attached hydrogens (primary N) is 1. The second kappa shape index (κ2) is 5.63. The SMILES string of the molecule is Cc1ccc(Br)cc1Oc1cccc(Cl)c1C(=N)N. The summed E-state index contributed by atoms with van der Waals surface area (Å²) in [6, 6.07) is 10.9. The molecule has 0 aliphatic rings. The van der Waals surface area contributed by atoms with Gasteiger partial charge in [0.2, 0.25) is 0 Å². The zero-order valence-corrected chi connectivity index (χ0v) is 12.5. The molecular formula is C14H12BrClN2O. The maximum absolute atomic E-state index is 7.58. The molecule has 3 N–H and O–H groups in total. The van der Waals surface area contributed by atoms with E-state index in [1.165, 1.54) is 0 Å². The van der Waals surface area contributed by atoms with Gasteiger partial charge in [-0.05, 0) is 36.8 Å². The van der Waals surface area contributed by atoms with Crippen molar-refractivity contribution in [3.05, 3.63) is 57.0 Å². The van der Waals surface area contributed by atoms with Gasteiger partial charge in [-0.15, -0.1) is 0 Å². The number of rotatable bonds is 3. The molecule has 5 heteroatoms. The molecule has 3 nitrogen and oxygen atoms in total. The van der Waals surface area contributed by atoms with E-state index in [0.717, 1.165) is 10.0 Å². The summed E-state index contributed by atoms with van der Waals surface area (Å²) in [4.78, 5) is 0. The van der Waals surface area contributed by atoms with E-state index in [1.54, 1.807) is 18.2 Å². The van der Waals surface area contributed by atoms with Crippen molar-refractivity contribution in [2.24, 2.45) is 5.73 Å². The highest BCUT2D eigenvalue weighted by Gasteiger charge is 2.13. The van der Waals surface area contributed by atoms with Crippen LogP contribution < -0.4 is 10.5 Å². The first-order chi connectivity index (χ1) is 8.99. The Kier molecular flexibility index (Phi) is 4.12. The van der Waals surface area contributed by atoms with Crippen LogP contribution in [0.3, 0.4) is 0 Å². The van der Waals surface area contributed by atoms with E-state index in [0.29, 0.717) is 22.1 Å². The number of hydrogen-bond donors (Lipinski definition) is 2. The molecule has 0 radical (unpaired) electrons. The van der Waals surface area contributed by atoms with Gasteiger partial charge in [0.25, 0.3) is 0 Å². The summed E-state index contributed by atoms with van der Waals surface area (Å²) in [5, 5.41) is 7.98. The second-order valence-corrected chi connectivity index (χ2v) is 5.36. The molecule has 2 aromatic carbocycles. The third-order valence-electron chi connectivity index (χ3n) is 2.61. The van der Waals surface area contributed by atoms with Gasteiger partial charge in [0, 0.05) is 4.47 Å². The van der Waals surface area contributed by atoms with Crippen LogP contribution in [0.5, 0.6) is 11.5 Å². The van der Waals surface area contributed by atoms with Gasteiger partial charge in [-0.25, -0.2) is 0 Å². The number of ether oxygens (including phenoxy) is 1. The molecule has 0 saturated carbocycles. The molecular weight excluding hydrogens is 328 g/mol. The van der Waals surface area contributed by atoms with Gasteiger partial charge in [0.05, 0.1) is 10.6 Å². The van der Waals surface area contributed by atoms with Crippen molar-refractivity contribution in [2.45, 2.75) is 6.92 Å². The van der Waals surface area contributed by atoms with Gasteiger partial charge in [0.1, 0.15) is 17.3 Å². The predicted octanol–water partition coefficient (Wildman–Crippen LogP) is 4.49. The highest BCUT2D eigenvalue weighted by atomic mass is 79.9. The Hall–Kier alpha value is -1.52. The lowest BCUT2D eigenvalue weighted by molar-refractivity contribution is 0.477. The van der Waals surface area contributed by atoms with Crippen molar-refractivity contribution in [1.29, 1.82) is 5.41 Å². The van der Waals surface area contributed by atoms with Crippen LogP contribution >= 0.6 is 27.5 Å². The second-order valence-electron chi connectivity index (χ2n) is 4.04. The molecule has 0 aliphatic carbocycles. The minimum atomic E-state index is -0.117. The van der Waals surface area contributed by atoms with Gasteiger partial charge in [0.15, 0.2) is 0 Å². The fourth-order valence-electron chi connectivity index (χ4n) is 1.65. The molecule has 2 rings (SSSR count). The monoisotopic (exact) mass is 338 g/mol. The van der Waals surface area contributed by atoms with E-state index in [2.05, 4.69) is 15.9 Å². The number of nitrogen functional groups attached to an aromatic ring is 1. The molecule has 0 atom stereocenters. The lowest BCUT2D eigenvalue weighted by Gasteiger charge is -2.13. The molecule has 0 saturated heterocycles. The molecule has 0 fully saturated rings. The first-order valence-corrected chi connectivity index (χ1v) is 6.73. The number of benzene rings is 2. The largest absolute Gasteiger partial charge is 0.456 e. The standard InChI is InChI=1S/C14H12BrClN2O/c1-8-5-6-9(15)7-12(8)19-11-4-2-3-10(16)13(11)14(17)18/h2-7H,1H3,(H3,17,18). The molecule has 0 heterocycles. The quantitative estimate of drug-likeness (QED) is 0.639. The molecule has 19 heavy (non-hydrogen) atoms. The molecule has 2 aromatic rings. The Balaban J connectivity index is 2.46. The van der Waals surface area contributed by atoms with Crippen LogP contribution in [0.4, 0.5) is 0 Å². The average molecular weight is 340 g/mol. The van der Waals surface area contributed by atoms with Crippen LogP contribution in [0.15, 0.2) is 40.9 Å². The van der Waals surface area contributed by atoms with Gasteiger partial charge >= 0.3 is 0 Å². The fraction of sp³-hybridized carbons (Fsp3) is 0.0714. The highest BCUT2D eigenvalue weighted by molar-refractivity contribution is 9.10. The number of nitrogens with one attached hydrogen (secondary N) is 1. The molecule has 0 unspecified atom stereocenters.